The van der Waals surface area contributed by atoms with Crippen LogP contribution < -0.4 is 0 Å². The van der Waals surface area contributed by atoms with E-state index in [0.717, 1.165) is 6.42 Å². The zero-order valence-electron chi connectivity index (χ0n) is 6.55. The zero-order chi connectivity index (χ0) is 7.86. The van der Waals surface area contributed by atoms with Gasteiger partial charge < -0.3 is 5.11 Å². The summed E-state index contributed by atoms with van der Waals surface area (Å²) in [5.41, 5.74) is 0. The highest BCUT2D eigenvalue weighted by Gasteiger charge is 1.81. The molecule has 0 aliphatic carbocycles. The maximum absolute atomic E-state index is 9.56. The van der Waals surface area contributed by atoms with E-state index in [2.05, 4.69) is 0 Å². The molecule has 58 valence electrons. The van der Waals surface area contributed by atoms with Crippen LogP contribution in [0.1, 0.15) is 20.3 Å². The Bertz CT molecular complexity index is 67.5. The van der Waals surface area contributed by atoms with E-state index >= 15 is 0 Å². The fourth-order valence-electron chi connectivity index (χ4n) is 0. The summed E-state index contributed by atoms with van der Waals surface area (Å²) in [7, 11) is -0.611. The third-order valence-electron chi connectivity index (χ3n) is 0.591. The van der Waals surface area contributed by atoms with E-state index in [9.17, 15) is 4.21 Å². The third-order valence-corrected chi connectivity index (χ3v) is 0.591. The van der Waals surface area contributed by atoms with Gasteiger partial charge in [0.25, 0.3) is 0 Å². The Morgan fingerprint density at radius 2 is 1.67 bits per heavy atom. The first kappa shape index (κ1) is 11.9. The maximum Gasteiger partial charge on any atom is 0.0509 e. The fraction of sp³-hybridized carbons (Fsp3) is 1.00. The van der Waals surface area contributed by atoms with E-state index in [-0.39, 0.29) is 6.10 Å². The second-order valence-electron chi connectivity index (χ2n) is 2.00. The van der Waals surface area contributed by atoms with E-state index in [4.69, 9.17) is 5.11 Å². The first-order chi connectivity index (χ1) is 4.00. The van der Waals surface area contributed by atoms with Crippen molar-refractivity contribution in [3.8, 4) is 0 Å². The highest BCUT2D eigenvalue weighted by Crippen LogP contribution is 1.81. The van der Waals surface area contributed by atoms with Crippen molar-refractivity contribution < 1.29 is 9.32 Å². The van der Waals surface area contributed by atoms with E-state index in [1.165, 1.54) is 0 Å². The predicted octanol–water partition coefficient (Wildman–Crippen LogP) is 0.772. The summed E-state index contributed by atoms with van der Waals surface area (Å²) < 4.78 is 9.56. The lowest BCUT2D eigenvalue weighted by Gasteiger charge is -1.90. The minimum Gasteiger partial charge on any atom is -0.393 e. The van der Waals surface area contributed by atoms with Crippen LogP contribution in [-0.4, -0.2) is 27.9 Å². The van der Waals surface area contributed by atoms with Crippen molar-refractivity contribution in [1.29, 1.82) is 0 Å². The van der Waals surface area contributed by atoms with Gasteiger partial charge in [0.15, 0.2) is 0 Å². The molecule has 0 rings (SSSR count). The van der Waals surface area contributed by atoms with Gasteiger partial charge in [-0.15, -0.1) is 0 Å². The van der Waals surface area contributed by atoms with Gasteiger partial charge in [0.1, 0.15) is 0 Å². The molecule has 2 nitrogen and oxygen atoms in total. The molecule has 0 fully saturated rings. The van der Waals surface area contributed by atoms with Crippen molar-refractivity contribution in [3.05, 3.63) is 0 Å². The molecule has 0 aromatic rings. The smallest absolute Gasteiger partial charge is 0.0509 e. The van der Waals surface area contributed by atoms with E-state index < -0.39 is 10.8 Å². The molecule has 0 radical (unpaired) electrons. The summed E-state index contributed by atoms with van der Waals surface area (Å²) in [6.45, 7) is 3.73. The largest absolute Gasteiger partial charge is 0.393 e. The molecule has 0 aliphatic rings. The van der Waals surface area contributed by atoms with Crippen LogP contribution in [0.3, 0.4) is 0 Å². The van der Waals surface area contributed by atoms with Crippen LogP contribution >= 0.6 is 0 Å². The number of hydrogen-bond acceptors (Lipinski definition) is 2. The van der Waals surface area contributed by atoms with Gasteiger partial charge in [-0.2, -0.15) is 0 Å². The van der Waals surface area contributed by atoms with Gasteiger partial charge in [-0.05, 0) is 13.3 Å². The molecule has 0 aromatic heterocycles. The number of rotatable bonds is 1. The van der Waals surface area contributed by atoms with Crippen molar-refractivity contribution in [1.82, 2.24) is 0 Å². The Balaban J connectivity index is 0. The Morgan fingerprint density at radius 1 is 1.56 bits per heavy atom. The molecule has 0 aromatic carbocycles. The molecule has 1 N–H and O–H groups in total. The predicted molar refractivity (Wildman–Crippen MR) is 42.0 cm³/mol. The second kappa shape index (κ2) is 8.11. The van der Waals surface area contributed by atoms with Crippen molar-refractivity contribution >= 4 is 10.8 Å². The molecule has 9 heavy (non-hydrogen) atoms. The SMILES string of the molecule is CCC(C)O.CS(C)=O. The average Bonchev–Trinajstić information content (AvgIpc) is 1.65. The summed E-state index contributed by atoms with van der Waals surface area (Å²) >= 11 is 0. The van der Waals surface area contributed by atoms with Crippen LogP contribution in [0.5, 0.6) is 0 Å². The molecule has 1 unspecified atom stereocenters. The Hall–Kier alpha value is 0.110. The lowest BCUT2D eigenvalue weighted by Crippen LogP contribution is -1.93. The van der Waals surface area contributed by atoms with E-state index in [0.29, 0.717) is 0 Å². The highest BCUT2D eigenvalue weighted by molar-refractivity contribution is 7.83. The molecule has 0 bridgehead atoms. The number of aliphatic hydroxyl groups excluding tert-OH is 1. The molecular weight excluding hydrogens is 136 g/mol. The fourth-order valence-corrected chi connectivity index (χ4v) is 0. The summed E-state index contributed by atoms with van der Waals surface area (Å²) in [5, 5.41) is 8.36. The summed E-state index contributed by atoms with van der Waals surface area (Å²) in [6.07, 6.45) is 4.02. The highest BCUT2D eigenvalue weighted by atomic mass is 32.2. The lowest BCUT2D eigenvalue weighted by molar-refractivity contribution is 0.191. The Morgan fingerprint density at radius 3 is 1.67 bits per heavy atom. The monoisotopic (exact) mass is 152 g/mol. The first-order valence-electron chi connectivity index (χ1n) is 2.93. The molecule has 0 amide bonds. The normalized spacial score (nSPS) is 12.2. The molecule has 0 aliphatic heterocycles. The summed E-state index contributed by atoms with van der Waals surface area (Å²) in [6, 6.07) is 0. The van der Waals surface area contributed by atoms with Crippen molar-refractivity contribution in [2.24, 2.45) is 0 Å². The van der Waals surface area contributed by atoms with Gasteiger partial charge in [-0.3, -0.25) is 4.21 Å². The van der Waals surface area contributed by atoms with Crippen molar-refractivity contribution in [2.75, 3.05) is 12.5 Å². The van der Waals surface area contributed by atoms with Gasteiger partial charge in [-0.1, -0.05) is 6.92 Å². The maximum atomic E-state index is 9.56. The van der Waals surface area contributed by atoms with Gasteiger partial charge in [-0.25, -0.2) is 0 Å². The molecule has 1 atom stereocenters. The van der Waals surface area contributed by atoms with Gasteiger partial charge in [0, 0.05) is 23.3 Å². The van der Waals surface area contributed by atoms with Crippen LogP contribution in [-0.2, 0) is 10.8 Å². The van der Waals surface area contributed by atoms with Crippen molar-refractivity contribution in [3.63, 3.8) is 0 Å². The standard InChI is InChI=1S/C4H10O.C2H6OS/c1-3-4(2)5;1-4(2)3/h4-5H,3H2,1-2H3;1-2H3. The first-order valence-corrected chi connectivity index (χ1v) is 4.90. The van der Waals surface area contributed by atoms with Gasteiger partial charge >= 0.3 is 0 Å². The van der Waals surface area contributed by atoms with Crippen LogP contribution in [0.2, 0.25) is 0 Å². The van der Waals surface area contributed by atoms with Gasteiger partial charge in [0.05, 0.1) is 6.10 Å². The van der Waals surface area contributed by atoms with Crippen LogP contribution in [0, 0.1) is 0 Å². The Labute approximate surface area is 59.7 Å². The van der Waals surface area contributed by atoms with E-state index in [1.807, 2.05) is 6.92 Å². The molecule has 0 heterocycles. The molecule has 0 saturated carbocycles. The molecular formula is C6H16O2S. The van der Waals surface area contributed by atoms with Gasteiger partial charge in [0.2, 0.25) is 0 Å². The quantitative estimate of drug-likeness (QED) is 0.602. The second-order valence-corrected chi connectivity index (χ2v) is 3.48. The molecule has 0 saturated heterocycles. The minimum absolute atomic E-state index is 0.116. The number of hydrogen-bond donors (Lipinski definition) is 1. The Kier molecular flexibility index (Phi) is 10.7. The van der Waals surface area contributed by atoms with Crippen LogP contribution in [0.25, 0.3) is 0 Å². The summed E-state index contributed by atoms with van der Waals surface area (Å²) in [4.78, 5) is 0. The minimum atomic E-state index is -0.611. The summed E-state index contributed by atoms with van der Waals surface area (Å²) in [5.74, 6) is 0. The van der Waals surface area contributed by atoms with Crippen LogP contribution in [0.4, 0.5) is 0 Å². The van der Waals surface area contributed by atoms with Crippen LogP contribution in [0.15, 0.2) is 0 Å². The third kappa shape index (κ3) is 68.0. The molecule has 3 heteroatoms. The van der Waals surface area contributed by atoms with Crippen molar-refractivity contribution in [2.45, 2.75) is 26.4 Å². The molecule has 0 spiro atoms. The lowest BCUT2D eigenvalue weighted by atomic mass is 10.3. The number of aliphatic hydroxyl groups is 1. The topological polar surface area (TPSA) is 37.3 Å². The zero-order valence-corrected chi connectivity index (χ0v) is 7.36. The van der Waals surface area contributed by atoms with E-state index in [1.54, 1.807) is 19.4 Å². The average molecular weight is 152 g/mol.